The number of hydrogen-bond donors (Lipinski definition) is 0. The number of hydrogen-bond acceptors (Lipinski definition) is 6. The van der Waals surface area contributed by atoms with E-state index in [0.29, 0.717) is 16.4 Å². The zero-order valence-corrected chi connectivity index (χ0v) is 13.9. The molecule has 0 radical (unpaired) electrons. The smallest absolute Gasteiger partial charge is 0.186 e. The van der Waals surface area contributed by atoms with Gasteiger partial charge in [-0.2, -0.15) is 0 Å². The van der Waals surface area contributed by atoms with Gasteiger partial charge in [-0.1, -0.05) is 23.9 Å². The number of Topliss-reactive ketones (excluding diaryl/α,β-unsaturated/α-hetero) is 1. The van der Waals surface area contributed by atoms with Crippen LogP contribution in [0.2, 0.25) is 0 Å². The van der Waals surface area contributed by atoms with E-state index in [9.17, 15) is 4.79 Å². The maximum absolute atomic E-state index is 12.3. The minimum Gasteiger partial charge on any atom is -0.451 e. The van der Waals surface area contributed by atoms with Crippen LogP contribution < -0.4 is 0 Å². The number of aromatic nitrogens is 2. The summed E-state index contributed by atoms with van der Waals surface area (Å²) in [6.45, 7) is 2.00. The maximum Gasteiger partial charge on any atom is 0.186 e. The van der Waals surface area contributed by atoms with Crippen LogP contribution in [0.25, 0.3) is 22.1 Å². The van der Waals surface area contributed by atoms with Gasteiger partial charge in [0.25, 0.3) is 0 Å². The SMILES string of the molecule is Cc1ccc(C(=O)CSc2ncnc3c2oc2ccccc23)s1. The first-order chi connectivity index (χ1) is 11.2. The second kappa shape index (κ2) is 5.79. The van der Waals surface area contributed by atoms with E-state index < -0.39 is 0 Å². The molecule has 6 heteroatoms. The number of thiophene rings is 1. The Morgan fingerprint density at radius 2 is 2.09 bits per heavy atom. The van der Waals surface area contributed by atoms with Crippen molar-refractivity contribution in [3.63, 3.8) is 0 Å². The van der Waals surface area contributed by atoms with Gasteiger partial charge in [0.05, 0.1) is 10.6 Å². The van der Waals surface area contributed by atoms with Crippen molar-refractivity contribution in [1.29, 1.82) is 0 Å². The standard InChI is InChI=1S/C17H12N2O2S2/c1-10-6-7-14(23-10)12(20)8-22-17-16-15(18-9-19-17)11-4-2-3-5-13(11)21-16/h2-7,9H,8H2,1H3. The summed E-state index contributed by atoms with van der Waals surface area (Å²) in [5.74, 6) is 0.444. The first-order valence-corrected chi connectivity index (χ1v) is 8.87. The third-order valence-electron chi connectivity index (χ3n) is 3.48. The van der Waals surface area contributed by atoms with Gasteiger partial charge < -0.3 is 4.42 Å². The summed E-state index contributed by atoms with van der Waals surface area (Å²) < 4.78 is 5.87. The number of fused-ring (bicyclic) bond motifs is 3. The highest BCUT2D eigenvalue weighted by molar-refractivity contribution is 8.00. The van der Waals surface area contributed by atoms with Gasteiger partial charge >= 0.3 is 0 Å². The molecule has 4 rings (SSSR count). The average molecular weight is 340 g/mol. The van der Waals surface area contributed by atoms with E-state index in [0.717, 1.165) is 26.2 Å². The zero-order chi connectivity index (χ0) is 15.8. The molecule has 0 N–H and O–H groups in total. The molecule has 0 fully saturated rings. The number of ketones is 1. The van der Waals surface area contributed by atoms with E-state index in [4.69, 9.17) is 4.42 Å². The fourth-order valence-corrected chi connectivity index (χ4v) is 4.11. The Kier molecular flexibility index (Phi) is 3.63. The number of thioether (sulfide) groups is 1. The van der Waals surface area contributed by atoms with E-state index in [1.54, 1.807) is 0 Å². The first kappa shape index (κ1) is 14.4. The summed E-state index contributed by atoms with van der Waals surface area (Å²) in [5.41, 5.74) is 2.22. The predicted molar refractivity (Wildman–Crippen MR) is 93.4 cm³/mol. The Bertz CT molecular complexity index is 1020. The molecule has 4 aromatic rings. The van der Waals surface area contributed by atoms with E-state index in [1.807, 2.05) is 43.3 Å². The Morgan fingerprint density at radius 3 is 2.91 bits per heavy atom. The lowest BCUT2D eigenvalue weighted by molar-refractivity contribution is 0.102. The number of carbonyl (C=O) groups is 1. The molecular weight excluding hydrogens is 328 g/mol. The van der Waals surface area contributed by atoms with Crippen molar-refractivity contribution in [3.05, 3.63) is 52.5 Å². The molecule has 0 atom stereocenters. The molecule has 0 bridgehead atoms. The molecule has 4 nitrogen and oxygen atoms in total. The number of para-hydroxylation sites is 1. The second-order valence-corrected chi connectivity index (χ2v) is 7.33. The largest absolute Gasteiger partial charge is 0.451 e. The number of benzene rings is 1. The maximum atomic E-state index is 12.3. The molecular formula is C17H12N2O2S2. The van der Waals surface area contributed by atoms with Gasteiger partial charge in [-0.15, -0.1) is 11.3 Å². The van der Waals surface area contributed by atoms with E-state index in [2.05, 4.69) is 9.97 Å². The van der Waals surface area contributed by atoms with Crippen molar-refractivity contribution >= 4 is 51.0 Å². The van der Waals surface area contributed by atoms with Crippen LogP contribution in [-0.4, -0.2) is 21.5 Å². The van der Waals surface area contributed by atoms with Crippen LogP contribution >= 0.6 is 23.1 Å². The summed E-state index contributed by atoms with van der Waals surface area (Å²) in [5, 5.41) is 1.67. The number of aryl methyl sites for hydroxylation is 1. The number of furan rings is 1. The predicted octanol–water partition coefficient (Wildman–Crippen LogP) is 4.72. The Hall–Kier alpha value is -2.18. The van der Waals surface area contributed by atoms with Crippen molar-refractivity contribution in [2.45, 2.75) is 11.9 Å². The van der Waals surface area contributed by atoms with Gasteiger partial charge in [0.2, 0.25) is 0 Å². The lowest BCUT2D eigenvalue weighted by Gasteiger charge is -1.99. The normalized spacial score (nSPS) is 11.3. The minimum atomic E-state index is 0.107. The van der Waals surface area contributed by atoms with Gasteiger partial charge in [-0.3, -0.25) is 4.79 Å². The molecule has 3 heterocycles. The van der Waals surface area contributed by atoms with Gasteiger partial charge in [0.15, 0.2) is 11.4 Å². The molecule has 1 aromatic carbocycles. The highest BCUT2D eigenvalue weighted by Crippen LogP contribution is 2.32. The molecule has 0 unspecified atom stereocenters. The number of rotatable bonds is 4. The van der Waals surface area contributed by atoms with Gasteiger partial charge in [-0.25, -0.2) is 9.97 Å². The molecule has 114 valence electrons. The van der Waals surface area contributed by atoms with Crippen LogP contribution in [0.1, 0.15) is 14.5 Å². The van der Waals surface area contributed by atoms with Crippen LogP contribution in [0.15, 0.2) is 52.2 Å². The van der Waals surface area contributed by atoms with Crippen molar-refractivity contribution in [3.8, 4) is 0 Å². The molecule has 0 amide bonds. The molecule has 0 spiro atoms. The topological polar surface area (TPSA) is 56.0 Å². The lowest BCUT2D eigenvalue weighted by atomic mass is 10.2. The summed E-state index contributed by atoms with van der Waals surface area (Å²) >= 11 is 2.91. The van der Waals surface area contributed by atoms with Crippen LogP contribution in [0.4, 0.5) is 0 Å². The number of nitrogens with zero attached hydrogens (tertiary/aromatic N) is 2. The molecule has 23 heavy (non-hydrogen) atoms. The number of carbonyl (C=O) groups excluding carboxylic acids is 1. The van der Waals surface area contributed by atoms with Crippen LogP contribution in [0.5, 0.6) is 0 Å². The molecule has 3 aromatic heterocycles. The quantitative estimate of drug-likeness (QED) is 0.306. The third-order valence-corrected chi connectivity index (χ3v) is 5.49. The van der Waals surface area contributed by atoms with Crippen molar-refractivity contribution in [1.82, 2.24) is 9.97 Å². The first-order valence-electron chi connectivity index (χ1n) is 7.07. The average Bonchev–Trinajstić information content (AvgIpc) is 3.16. The van der Waals surface area contributed by atoms with Crippen molar-refractivity contribution in [2.24, 2.45) is 0 Å². The van der Waals surface area contributed by atoms with Crippen LogP contribution in [0, 0.1) is 6.92 Å². The molecule has 0 saturated carbocycles. The fourth-order valence-electron chi connectivity index (χ4n) is 2.39. The second-order valence-electron chi connectivity index (χ2n) is 5.08. The molecule has 0 aliphatic heterocycles. The van der Waals surface area contributed by atoms with Gasteiger partial charge in [0, 0.05) is 10.3 Å². The Balaban J connectivity index is 1.65. The molecule has 0 saturated heterocycles. The fraction of sp³-hybridized carbons (Fsp3) is 0.118. The zero-order valence-electron chi connectivity index (χ0n) is 12.3. The highest BCUT2D eigenvalue weighted by Gasteiger charge is 2.15. The summed E-state index contributed by atoms with van der Waals surface area (Å²) in [7, 11) is 0. The van der Waals surface area contributed by atoms with Crippen LogP contribution in [0.3, 0.4) is 0 Å². The molecule has 0 aliphatic rings. The summed E-state index contributed by atoms with van der Waals surface area (Å²) in [6, 6.07) is 11.6. The lowest BCUT2D eigenvalue weighted by Crippen LogP contribution is -1.99. The summed E-state index contributed by atoms with van der Waals surface area (Å²) in [6.07, 6.45) is 1.52. The highest BCUT2D eigenvalue weighted by atomic mass is 32.2. The van der Waals surface area contributed by atoms with E-state index in [1.165, 1.54) is 29.4 Å². The monoisotopic (exact) mass is 340 g/mol. The summed E-state index contributed by atoms with van der Waals surface area (Å²) in [4.78, 5) is 22.8. The van der Waals surface area contributed by atoms with Crippen LogP contribution in [-0.2, 0) is 0 Å². The molecule has 0 aliphatic carbocycles. The third kappa shape index (κ3) is 2.64. The Morgan fingerprint density at radius 1 is 1.22 bits per heavy atom. The van der Waals surface area contributed by atoms with E-state index >= 15 is 0 Å². The van der Waals surface area contributed by atoms with Crippen molar-refractivity contribution in [2.75, 3.05) is 5.75 Å². The van der Waals surface area contributed by atoms with E-state index in [-0.39, 0.29) is 5.78 Å². The minimum absolute atomic E-state index is 0.107. The Labute approximate surface area is 140 Å². The van der Waals surface area contributed by atoms with Crippen molar-refractivity contribution < 1.29 is 9.21 Å². The van der Waals surface area contributed by atoms with Gasteiger partial charge in [-0.05, 0) is 31.2 Å². The van der Waals surface area contributed by atoms with Gasteiger partial charge in [0.1, 0.15) is 22.5 Å².